The maximum atomic E-state index is 12.9. The zero-order chi connectivity index (χ0) is 20.1. The number of likely N-dealkylation sites (tertiary alicyclic amines) is 2. The van der Waals surface area contributed by atoms with Crippen molar-refractivity contribution in [3.8, 4) is 0 Å². The molecule has 2 aliphatic heterocycles. The van der Waals surface area contributed by atoms with E-state index in [9.17, 15) is 9.59 Å². The van der Waals surface area contributed by atoms with E-state index in [1.807, 2.05) is 53.4 Å². The highest BCUT2D eigenvalue weighted by atomic mass is 16.2. The minimum Gasteiger partial charge on any atom is -0.338 e. The predicted molar refractivity (Wildman–Crippen MR) is 114 cm³/mol. The second-order valence-electron chi connectivity index (χ2n) is 7.96. The first-order chi connectivity index (χ1) is 14.2. The molecule has 2 amide bonds. The van der Waals surface area contributed by atoms with Gasteiger partial charge in [-0.3, -0.25) is 9.59 Å². The molecule has 2 aromatic carbocycles. The average molecular weight is 392 g/mol. The van der Waals surface area contributed by atoms with Crippen LogP contribution in [0.15, 0.2) is 60.7 Å². The molecule has 0 unspecified atom stereocenters. The van der Waals surface area contributed by atoms with Crippen LogP contribution < -0.4 is 5.32 Å². The molecule has 2 fully saturated rings. The van der Waals surface area contributed by atoms with Gasteiger partial charge < -0.3 is 15.1 Å². The quantitative estimate of drug-likeness (QED) is 0.737. The van der Waals surface area contributed by atoms with Gasteiger partial charge in [0, 0.05) is 12.1 Å². The fourth-order valence-corrected chi connectivity index (χ4v) is 4.42. The Morgan fingerprint density at radius 3 is 2.24 bits per heavy atom. The summed E-state index contributed by atoms with van der Waals surface area (Å²) in [6.45, 7) is 4.11. The molecule has 0 saturated carbocycles. The Kier molecular flexibility index (Phi) is 6.25. The summed E-state index contributed by atoms with van der Waals surface area (Å²) in [5.74, 6) is -0.181. The van der Waals surface area contributed by atoms with Crippen LogP contribution in [0.3, 0.4) is 0 Å². The molecule has 2 aliphatic rings. The molecule has 0 aliphatic carbocycles. The number of piperidine rings is 1. The zero-order valence-corrected chi connectivity index (χ0v) is 16.8. The van der Waals surface area contributed by atoms with Gasteiger partial charge in [-0.15, -0.1) is 0 Å². The van der Waals surface area contributed by atoms with Gasteiger partial charge in [0.25, 0.3) is 5.91 Å². The minimum absolute atomic E-state index is 0.0155. The second kappa shape index (κ2) is 9.23. The van der Waals surface area contributed by atoms with Crippen molar-refractivity contribution in [1.29, 1.82) is 0 Å². The fraction of sp³-hybridized carbons (Fsp3) is 0.417. The summed E-state index contributed by atoms with van der Waals surface area (Å²) in [7, 11) is 0. The van der Waals surface area contributed by atoms with Gasteiger partial charge in [0.05, 0.1) is 6.04 Å². The first kappa shape index (κ1) is 19.6. The maximum absolute atomic E-state index is 12.9. The number of β-lactam (4-membered cyclic amide) rings is 1. The standard InChI is InChI=1S/C24H29N3O2/c28-23(20-13-6-2-7-14-20)25-21-22(19-11-4-1-5-12-19)27(24(21)29)18-10-17-26-15-8-3-9-16-26/h1-2,4-7,11-14,21-22H,3,8-10,15-18H2,(H,25,28)/t21-,22+/m0/s1. The second-order valence-corrected chi connectivity index (χ2v) is 7.96. The molecule has 29 heavy (non-hydrogen) atoms. The highest BCUT2D eigenvalue weighted by Crippen LogP contribution is 2.35. The number of benzene rings is 2. The number of hydrogen-bond acceptors (Lipinski definition) is 3. The van der Waals surface area contributed by atoms with Crippen molar-refractivity contribution in [2.24, 2.45) is 0 Å². The highest BCUT2D eigenvalue weighted by Gasteiger charge is 2.48. The number of rotatable bonds is 7. The molecule has 0 radical (unpaired) electrons. The van der Waals surface area contributed by atoms with Gasteiger partial charge in [-0.2, -0.15) is 0 Å². The van der Waals surface area contributed by atoms with Crippen LogP contribution in [0.2, 0.25) is 0 Å². The Hall–Kier alpha value is -2.66. The average Bonchev–Trinajstić information content (AvgIpc) is 2.79. The van der Waals surface area contributed by atoms with E-state index in [1.165, 1.54) is 32.4 Å². The first-order valence-corrected chi connectivity index (χ1v) is 10.7. The van der Waals surface area contributed by atoms with Gasteiger partial charge in [-0.25, -0.2) is 0 Å². The molecule has 2 atom stereocenters. The van der Waals surface area contributed by atoms with Crippen LogP contribution in [0.5, 0.6) is 0 Å². The van der Waals surface area contributed by atoms with E-state index in [0.717, 1.165) is 25.1 Å². The summed E-state index contributed by atoms with van der Waals surface area (Å²) in [4.78, 5) is 29.9. The van der Waals surface area contributed by atoms with Crippen LogP contribution in [0.4, 0.5) is 0 Å². The van der Waals surface area contributed by atoms with Crippen molar-refractivity contribution in [3.63, 3.8) is 0 Å². The van der Waals surface area contributed by atoms with Crippen molar-refractivity contribution in [3.05, 3.63) is 71.8 Å². The topological polar surface area (TPSA) is 52.7 Å². The molecule has 2 aromatic rings. The van der Waals surface area contributed by atoms with Crippen LogP contribution >= 0.6 is 0 Å². The lowest BCUT2D eigenvalue weighted by molar-refractivity contribution is -0.151. The number of carbonyl (C=O) groups is 2. The lowest BCUT2D eigenvalue weighted by Gasteiger charge is -2.48. The smallest absolute Gasteiger partial charge is 0.251 e. The lowest BCUT2D eigenvalue weighted by Crippen LogP contribution is -2.65. The molecule has 152 valence electrons. The third-order valence-electron chi connectivity index (χ3n) is 5.99. The maximum Gasteiger partial charge on any atom is 0.251 e. The van der Waals surface area contributed by atoms with Crippen LogP contribution in [0, 0.1) is 0 Å². The normalized spacial score (nSPS) is 22.2. The van der Waals surface area contributed by atoms with Gasteiger partial charge >= 0.3 is 0 Å². The van der Waals surface area contributed by atoms with Crippen molar-refractivity contribution >= 4 is 11.8 Å². The Bertz CT molecular complexity index is 819. The molecule has 0 bridgehead atoms. The van der Waals surface area contributed by atoms with E-state index in [-0.39, 0.29) is 17.9 Å². The van der Waals surface area contributed by atoms with E-state index in [2.05, 4.69) is 10.2 Å². The van der Waals surface area contributed by atoms with Gasteiger partial charge in [0.1, 0.15) is 6.04 Å². The van der Waals surface area contributed by atoms with Crippen LogP contribution in [0.1, 0.15) is 47.6 Å². The Labute approximate surface area is 172 Å². The van der Waals surface area contributed by atoms with Crippen molar-refractivity contribution in [2.75, 3.05) is 26.2 Å². The van der Waals surface area contributed by atoms with Gasteiger partial charge in [-0.05, 0) is 56.6 Å². The summed E-state index contributed by atoms with van der Waals surface area (Å²) in [5.41, 5.74) is 1.65. The molecular weight excluding hydrogens is 362 g/mol. The Morgan fingerprint density at radius 1 is 0.897 bits per heavy atom. The molecule has 2 heterocycles. The van der Waals surface area contributed by atoms with Crippen LogP contribution in [0.25, 0.3) is 0 Å². The molecule has 1 N–H and O–H groups in total. The molecule has 0 spiro atoms. The number of carbonyl (C=O) groups excluding carboxylic acids is 2. The third kappa shape index (κ3) is 4.51. The third-order valence-corrected chi connectivity index (χ3v) is 5.99. The molecule has 5 heteroatoms. The Morgan fingerprint density at radius 2 is 1.55 bits per heavy atom. The van der Waals surface area contributed by atoms with E-state index in [0.29, 0.717) is 5.56 Å². The first-order valence-electron chi connectivity index (χ1n) is 10.7. The molecule has 4 rings (SSSR count). The number of nitrogens with zero attached hydrogens (tertiary/aromatic N) is 2. The SMILES string of the molecule is O=C(N[C@@H]1C(=O)N(CCCN2CCCCC2)[C@@H]1c1ccccc1)c1ccccc1. The summed E-state index contributed by atoms with van der Waals surface area (Å²) in [6, 6.07) is 18.5. The van der Waals surface area contributed by atoms with Gasteiger partial charge in [-0.1, -0.05) is 55.0 Å². The summed E-state index contributed by atoms with van der Waals surface area (Å²) < 4.78 is 0. The van der Waals surface area contributed by atoms with E-state index < -0.39 is 6.04 Å². The van der Waals surface area contributed by atoms with E-state index >= 15 is 0 Å². The van der Waals surface area contributed by atoms with Gasteiger partial charge in [0.15, 0.2) is 0 Å². The molecule has 0 aromatic heterocycles. The highest BCUT2D eigenvalue weighted by molar-refractivity contribution is 6.00. The van der Waals surface area contributed by atoms with Crippen molar-refractivity contribution < 1.29 is 9.59 Å². The number of amides is 2. The van der Waals surface area contributed by atoms with Crippen molar-refractivity contribution in [2.45, 2.75) is 37.8 Å². The lowest BCUT2D eigenvalue weighted by atomic mass is 9.88. The molecular formula is C24H29N3O2. The molecule has 2 saturated heterocycles. The largest absolute Gasteiger partial charge is 0.338 e. The predicted octanol–water partition coefficient (Wildman–Crippen LogP) is 3.24. The van der Waals surface area contributed by atoms with Gasteiger partial charge in [0.2, 0.25) is 5.91 Å². The minimum atomic E-state index is -0.500. The number of nitrogens with one attached hydrogen (secondary N) is 1. The van der Waals surface area contributed by atoms with Crippen LogP contribution in [-0.4, -0.2) is 53.8 Å². The van der Waals surface area contributed by atoms with Crippen molar-refractivity contribution in [1.82, 2.24) is 15.1 Å². The fourth-order valence-electron chi connectivity index (χ4n) is 4.42. The summed E-state index contributed by atoms with van der Waals surface area (Å²) in [5, 5.41) is 2.96. The monoisotopic (exact) mass is 391 g/mol. The van der Waals surface area contributed by atoms with E-state index in [4.69, 9.17) is 0 Å². The number of hydrogen-bond donors (Lipinski definition) is 1. The Balaban J connectivity index is 1.41. The molecule has 5 nitrogen and oxygen atoms in total. The summed E-state index contributed by atoms with van der Waals surface area (Å²) >= 11 is 0. The zero-order valence-electron chi connectivity index (χ0n) is 16.8. The van der Waals surface area contributed by atoms with E-state index in [1.54, 1.807) is 12.1 Å². The van der Waals surface area contributed by atoms with Crippen LogP contribution in [-0.2, 0) is 4.79 Å². The summed E-state index contributed by atoms with van der Waals surface area (Å²) in [6.07, 6.45) is 4.86.